The number of aliphatic carboxylic acids is 1. The molecule has 1 atom stereocenters. The van der Waals surface area contributed by atoms with Gasteiger partial charge in [-0.1, -0.05) is 49.1 Å². The fourth-order valence-electron chi connectivity index (χ4n) is 5.91. The van der Waals surface area contributed by atoms with Crippen LogP contribution in [0.4, 0.5) is 11.4 Å². The molecule has 3 aliphatic rings. The van der Waals surface area contributed by atoms with Crippen molar-refractivity contribution in [3.05, 3.63) is 53.1 Å². The highest BCUT2D eigenvalue weighted by Gasteiger charge is 2.43. The molecular formula is C26H31ClN2O4S. The first-order chi connectivity index (χ1) is 16.3. The number of hydrogen-bond acceptors (Lipinski definition) is 4. The molecule has 0 saturated heterocycles. The molecule has 2 aromatic carbocycles. The Bertz CT molecular complexity index is 1170. The highest BCUT2D eigenvalue weighted by Crippen LogP contribution is 2.48. The van der Waals surface area contributed by atoms with Gasteiger partial charge in [0.05, 0.1) is 11.6 Å². The monoisotopic (exact) mass is 502 g/mol. The lowest BCUT2D eigenvalue weighted by molar-refractivity contribution is -0.145. The standard InChI is InChI=1S/C26H31ClN2O4S/c1-28-24(17-8-4-2-5-9-17)16-29(20-10-6-3-7-11-20)23-15-22(27)21(14-25(23)34(28,32)33)18-12-19(13-18)26(30)31/h3,6-7,10-11,14-15,17-19,24H,2,4-5,8-9,12-13,16H2,1H3,(H,30,31)/t18-,19-,24-/m0/s1. The molecule has 0 bridgehead atoms. The molecule has 2 aliphatic carbocycles. The Balaban J connectivity index is 1.62. The van der Waals surface area contributed by atoms with Crippen LogP contribution in [0.15, 0.2) is 47.4 Å². The van der Waals surface area contributed by atoms with Crippen molar-refractivity contribution in [1.82, 2.24) is 4.31 Å². The van der Waals surface area contributed by atoms with Crippen LogP contribution in [-0.2, 0) is 14.8 Å². The highest BCUT2D eigenvalue weighted by molar-refractivity contribution is 7.89. The Kier molecular flexibility index (Phi) is 6.38. The molecule has 2 saturated carbocycles. The van der Waals surface area contributed by atoms with Crippen molar-refractivity contribution in [3.8, 4) is 0 Å². The zero-order chi connectivity index (χ0) is 24.0. The van der Waals surface area contributed by atoms with E-state index in [0.717, 1.165) is 36.9 Å². The van der Waals surface area contributed by atoms with Gasteiger partial charge < -0.3 is 10.0 Å². The number of halogens is 1. The summed E-state index contributed by atoms with van der Waals surface area (Å²) in [5.41, 5.74) is 2.27. The third-order valence-corrected chi connectivity index (χ3v) is 10.3. The maximum Gasteiger partial charge on any atom is 0.306 e. The number of fused-ring (bicyclic) bond motifs is 1. The second-order valence-corrected chi connectivity index (χ2v) is 12.4. The van der Waals surface area contributed by atoms with Gasteiger partial charge in [0.2, 0.25) is 10.0 Å². The number of nitrogens with zero attached hydrogens (tertiary/aromatic N) is 2. The minimum Gasteiger partial charge on any atom is -0.481 e. The zero-order valence-electron chi connectivity index (χ0n) is 19.4. The molecule has 1 heterocycles. The molecular weight excluding hydrogens is 472 g/mol. The van der Waals surface area contributed by atoms with E-state index >= 15 is 0 Å². The van der Waals surface area contributed by atoms with E-state index in [2.05, 4.69) is 4.90 Å². The maximum absolute atomic E-state index is 14.0. The summed E-state index contributed by atoms with van der Waals surface area (Å²) in [6, 6.07) is 13.2. The van der Waals surface area contributed by atoms with E-state index in [9.17, 15) is 18.3 Å². The molecule has 0 amide bonds. The second-order valence-electron chi connectivity index (χ2n) is 9.98. The number of hydrogen-bond donors (Lipinski definition) is 1. The number of carboxylic acid groups (broad SMARTS) is 1. The molecule has 0 unspecified atom stereocenters. The Morgan fingerprint density at radius 1 is 1.06 bits per heavy atom. The van der Waals surface area contributed by atoms with Crippen LogP contribution in [0.3, 0.4) is 0 Å². The molecule has 2 aromatic rings. The van der Waals surface area contributed by atoms with E-state index in [1.165, 1.54) is 6.42 Å². The van der Waals surface area contributed by atoms with Crippen molar-refractivity contribution < 1.29 is 18.3 Å². The minimum absolute atomic E-state index is 0.0398. The Morgan fingerprint density at radius 2 is 1.74 bits per heavy atom. The second kappa shape index (κ2) is 9.17. The van der Waals surface area contributed by atoms with Gasteiger partial charge in [-0.15, -0.1) is 0 Å². The van der Waals surface area contributed by atoms with Crippen molar-refractivity contribution in [3.63, 3.8) is 0 Å². The summed E-state index contributed by atoms with van der Waals surface area (Å²) in [6.45, 7) is 0.567. The number of anilines is 2. The van der Waals surface area contributed by atoms with Crippen molar-refractivity contribution >= 4 is 39.0 Å². The van der Waals surface area contributed by atoms with Crippen LogP contribution >= 0.6 is 11.6 Å². The van der Waals surface area contributed by atoms with E-state index in [-0.39, 0.29) is 16.9 Å². The van der Waals surface area contributed by atoms with Crippen molar-refractivity contribution in [1.29, 1.82) is 0 Å². The summed E-state index contributed by atoms with van der Waals surface area (Å²) >= 11 is 6.73. The van der Waals surface area contributed by atoms with Gasteiger partial charge in [0, 0.05) is 30.3 Å². The van der Waals surface area contributed by atoms with E-state index in [4.69, 9.17) is 11.6 Å². The van der Waals surface area contributed by atoms with Gasteiger partial charge >= 0.3 is 5.97 Å². The lowest BCUT2D eigenvalue weighted by Crippen LogP contribution is -2.46. The quantitative estimate of drug-likeness (QED) is 0.585. The van der Waals surface area contributed by atoms with Gasteiger partial charge in [-0.3, -0.25) is 4.79 Å². The largest absolute Gasteiger partial charge is 0.481 e. The van der Waals surface area contributed by atoms with Crippen LogP contribution in [0.25, 0.3) is 0 Å². The third kappa shape index (κ3) is 4.12. The first-order valence-corrected chi connectivity index (χ1v) is 14.0. The molecule has 0 aromatic heterocycles. The van der Waals surface area contributed by atoms with E-state index < -0.39 is 21.9 Å². The summed E-state index contributed by atoms with van der Waals surface area (Å²) in [7, 11) is -2.05. The lowest BCUT2D eigenvalue weighted by Gasteiger charge is -2.36. The molecule has 1 N–H and O–H groups in total. The summed E-state index contributed by atoms with van der Waals surface area (Å²) in [5.74, 6) is -0.926. The minimum atomic E-state index is -3.77. The number of rotatable bonds is 4. The summed E-state index contributed by atoms with van der Waals surface area (Å²) in [6.07, 6.45) is 6.52. The summed E-state index contributed by atoms with van der Waals surface area (Å²) in [5, 5.41) is 9.79. The Labute approximate surface area is 206 Å². The first kappa shape index (κ1) is 23.6. The molecule has 6 nitrogen and oxygen atoms in total. The molecule has 1 aliphatic heterocycles. The number of carboxylic acids is 1. The normalized spacial score (nSPS) is 27.5. The number of likely N-dealkylation sites (N-methyl/N-ethyl adjacent to an activating group) is 1. The van der Waals surface area contributed by atoms with Crippen LogP contribution in [-0.4, -0.2) is 43.4 Å². The highest BCUT2D eigenvalue weighted by atomic mass is 35.5. The first-order valence-electron chi connectivity index (χ1n) is 12.1. The molecule has 182 valence electrons. The lowest BCUT2D eigenvalue weighted by atomic mass is 9.71. The van der Waals surface area contributed by atoms with Crippen LogP contribution < -0.4 is 4.90 Å². The van der Waals surface area contributed by atoms with E-state index in [1.807, 2.05) is 30.3 Å². The fourth-order valence-corrected chi connectivity index (χ4v) is 7.84. The molecule has 8 heteroatoms. The van der Waals surface area contributed by atoms with Gasteiger partial charge in [-0.2, -0.15) is 4.31 Å². The van der Waals surface area contributed by atoms with Gasteiger partial charge in [-0.05, 0) is 67.3 Å². The topological polar surface area (TPSA) is 77.9 Å². The van der Waals surface area contributed by atoms with Crippen LogP contribution in [0.2, 0.25) is 5.02 Å². The van der Waals surface area contributed by atoms with Gasteiger partial charge in [0.15, 0.2) is 0 Å². The SMILES string of the molecule is CN1[C@H](C2CCCCC2)CN(c2ccccc2)c2cc(Cl)c([C@H]3C[C@H](C(=O)O)C3)cc2S1(=O)=O. The smallest absolute Gasteiger partial charge is 0.306 e. The predicted octanol–water partition coefficient (Wildman–Crippen LogP) is 5.64. The van der Waals surface area contributed by atoms with Crippen molar-refractivity contribution in [2.45, 2.75) is 61.8 Å². The molecule has 0 radical (unpaired) electrons. The fraction of sp³-hybridized carbons (Fsp3) is 0.500. The van der Waals surface area contributed by atoms with Gasteiger partial charge in [0.1, 0.15) is 4.90 Å². The van der Waals surface area contributed by atoms with Gasteiger partial charge in [-0.25, -0.2) is 8.42 Å². The number of benzene rings is 2. The molecule has 0 spiro atoms. The molecule has 34 heavy (non-hydrogen) atoms. The average molecular weight is 503 g/mol. The number of sulfonamides is 1. The maximum atomic E-state index is 14.0. The predicted molar refractivity (Wildman–Crippen MR) is 133 cm³/mol. The molecule has 5 rings (SSSR count). The zero-order valence-corrected chi connectivity index (χ0v) is 20.9. The summed E-state index contributed by atoms with van der Waals surface area (Å²) in [4.78, 5) is 13.7. The van der Waals surface area contributed by atoms with Crippen molar-refractivity contribution in [2.24, 2.45) is 11.8 Å². The molecule has 2 fully saturated rings. The number of carbonyl (C=O) groups is 1. The van der Waals surface area contributed by atoms with Crippen molar-refractivity contribution in [2.75, 3.05) is 18.5 Å². The third-order valence-electron chi connectivity index (χ3n) is 8.05. The van der Waals surface area contributed by atoms with Crippen LogP contribution in [0.1, 0.15) is 56.4 Å². The average Bonchev–Trinajstić information content (AvgIpc) is 2.87. The van der Waals surface area contributed by atoms with Crippen LogP contribution in [0, 0.1) is 11.8 Å². The van der Waals surface area contributed by atoms with E-state index in [1.54, 1.807) is 23.5 Å². The summed E-state index contributed by atoms with van der Waals surface area (Å²) < 4.78 is 29.5. The van der Waals surface area contributed by atoms with Crippen LogP contribution in [0.5, 0.6) is 0 Å². The van der Waals surface area contributed by atoms with E-state index in [0.29, 0.717) is 36.0 Å². The Morgan fingerprint density at radius 3 is 2.38 bits per heavy atom. The Hall–Kier alpha value is -2.09. The van der Waals surface area contributed by atoms with Gasteiger partial charge in [0.25, 0.3) is 0 Å². The number of para-hydroxylation sites is 1.